The Bertz CT molecular complexity index is 576. The topological polar surface area (TPSA) is 86.8 Å². The average Bonchev–Trinajstić information content (AvgIpc) is 3.28. The summed E-state index contributed by atoms with van der Waals surface area (Å²) in [6.07, 6.45) is 8.66. The number of nitriles is 1. The molecule has 7 heteroatoms. The molecule has 0 aromatic carbocycles. The number of hydrogen-bond donors (Lipinski definition) is 1. The number of rotatable bonds is 6. The first-order valence-corrected chi connectivity index (χ1v) is 8.39. The first kappa shape index (κ1) is 15.9. The number of nitrogens with one attached hydrogen (secondary N) is 1. The average molecular weight is 316 g/mol. The number of hydrogen-bond acceptors (Lipinski definition) is 5. The SMILES string of the molecule is C[C@@](C#N)(NC(=O)CN1CCCC[C@H]1Cn1cncn1)C1CC1. The number of aromatic nitrogens is 3. The van der Waals surface area contributed by atoms with Crippen LogP contribution in [0, 0.1) is 17.2 Å². The summed E-state index contributed by atoms with van der Waals surface area (Å²) < 4.78 is 1.82. The Labute approximate surface area is 136 Å². The minimum Gasteiger partial charge on any atom is -0.337 e. The van der Waals surface area contributed by atoms with Gasteiger partial charge < -0.3 is 5.32 Å². The molecule has 1 aliphatic heterocycles. The molecule has 0 spiro atoms. The van der Waals surface area contributed by atoms with E-state index in [4.69, 9.17) is 0 Å². The first-order valence-electron chi connectivity index (χ1n) is 8.39. The lowest BCUT2D eigenvalue weighted by molar-refractivity contribution is -0.124. The van der Waals surface area contributed by atoms with Crippen molar-refractivity contribution in [2.45, 2.75) is 57.2 Å². The Morgan fingerprint density at radius 3 is 2.91 bits per heavy atom. The molecule has 7 nitrogen and oxygen atoms in total. The molecule has 124 valence electrons. The van der Waals surface area contributed by atoms with E-state index in [0.29, 0.717) is 18.5 Å². The third kappa shape index (κ3) is 3.88. The van der Waals surface area contributed by atoms with Gasteiger partial charge in [-0.3, -0.25) is 14.4 Å². The van der Waals surface area contributed by atoms with Gasteiger partial charge in [-0.15, -0.1) is 0 Å². The third-order valence-electron chi connectivity index (χ3n) is 4.99. The van der Waals surface area contributed by atoms with E-state index in [1.54, 1.807) is 6.33 Å². The summed E-state index contributed by atoms with van der Waals surface area (Å²) in [5.41, 5.74) is -0.714. The van der Waals surface area contributed by atoms with Crippen LogP contribution in [0.3, 0.4) is 0 Å². The molecule has 23 heavy (non-hydrogen) atoms. The largest absolute Gasteiger partial charge is 0.337 e. The number of carbonyl (C=O) groups excluding carboxylic acids is 1. The second-order valence-electron chi connectivity index (χ2n) is 6.87. The quantitative estimate of drug-likeness (QED) is 0.844. The maximum absolute atomic E-state index is 12.4. The smallest absolute Gasteiger partial charge is 0.235 e. The van der Waals surface area contributed by atoms with Gasteiger partial charge in [0, 0.05) is 6.04 Å². The van der Waals surface area contributed by atoms with Crippen molar-refractivity contribution in [2.75, 3.05) is 13.1 Å². The van der Waals surface area contributed by atoms with Gasteiger partial charge in [0.25, 0.3) is 0 Å². The first-order chi connectivity index (χ1) is 11.1. The Kier molecular flexibility index (Phi) is 4.62. The number of nitrogens with zero attached hydrogens (tertiary/aromatic N) is 5. The van der Waals surface area contributed by atoms with Crippen LogP contribution in [-0.2, 0) is 11.3 Å². The molecule has 2 fully saturated rings. The zero-order valence-corrected chi connectivity index (χ0v) is 13.6. The monoisotopic (exact) mass is 316 g/mol. The summed E-state index contributed by atoms with van der Waals surface area (Å²) in [4.78, 5) is 18.6. The maximum atomic E-state index is 12.4. The highest BCUT2D eigenvalue weighted by atomic mass is 16.2. The van der Waals surface area contributed by atoms with Crippen molar-refractivity contribution in [3.63, 3.8) is 0 Å². The highest BCUT2D eigenvalue weighted by Gasteiger charge is 2.43. The fourth-order valence-electron chi connectivity index (χ4n) is 3.41. The number of piperidine rings is 1. The van der Waals surface area contributed by atoms with Crippen LogP contribution in [0.1, 0.15) is 39.0 Å². The molecule has 1 aromatic rings. The van der Waals surface area contributed by atoms with Gasteiger partial charge in [-0.05, 0) is 45.1 Å². The third-order valence-corrected chi connectivity index (χ3v) is 4.99. The molecular weight excluding hydrogens is 292 g/mol. The summed E-state index contributed by atoms with van der Waals surface area (Å²) in [5.74, 6) is 0.259. The van der Waals surface area contributed by atoms with E-state index >= 15 is 0 Å². The van der Waals surface area contributed by atoms with Gasteiger partial charge >= 0.3 is 0 Å². The lowest BCUT2D eigenvalue weighted by atomic mass is 9.97. The van der Waals surface area contributed by atoms with Gasteiger partial charge in [0.15, 0.2) is 0 Å². The second kappa shape index (κ2) is 6.67. The highest BCUT2D eigenvalue weighted by Crippen LogP contribution is 2.39. The molecule has 2 aliphatic rings. The van der Waals surface area contributed by atoms with Crippen LogP contribution < -0.4 is 5.32 Å². The summed E-state index contributed by atoms with van der Waals surface area (Å²) in [5, 5.41) is 16.5. The highest BCUT2D eigenvalue weighted by molar-refractivity contribution is 5.79. The summed E-state index contributed by atoms with van der Waals surface area (Å²) >= 11 is 0. The summed E-state index contributed by atoms with van der Waals surface area (Å²) in [7, 11) is 0. The maximum Gasteiger partial charge on any atom is 0.235 e. The van der Waals surface area contributed by atoms with Gasteiger partial charge in [-0.25, -0.2) is 4.98 Å². The molecule has 1 saturated carbocycles. The van der Waals surface area contributed by atoms with Crippen LogP contribution in [0.15, 0.2) is 12.7 Å². The molecule has 1 saturated heterocycles. The van der Waals surface area contributed by atoms with Crippen LogP contribution in [-0.4, -0.2) is 50.2 Å². The molecule has 3 rings (SSSR count). The molecular formula is C16H24N6O. The molecule has 1 N–H and O–H groups in total. The molecule has 1 aromatic heterocycles. The minimum atomic E-state index is -0.714. The molecule has 0 bridgehead atoms. The van der Waals surface area contributed by atoms with Gasteiger partial charge in [-0.2, -0.15) is 10.4 Å². The van der Waals surface area contributed by atoms with E-state index in [-0.39, 0.29) is 5.91 Å². The van der Waals surface area contributed by atoms with Crippen LogP contribution in [0.2, 0.25) is 0 Å². The zero-order chi connectivity index (χ0) is 16.3. The van der Waals surface area contributed by atoms with Crippen molar-refractivity contribution in [2.24, 2.45) is 5.92 Å². The van der Waals surface area contributed by atoms with E-state index in [9.17, 15) is 10.1 Å². The van der Waals surface area contributed by atoms with Crippen molar-refractivity contribution in [1.82, 2.24) is 25.0 Å². The van der Waals surface area contributed by atoms with Crippen molar-refractivity contribution in [3.8, 4) is 6.07 Å². The van der Waals surface area contributed by atoms with Crippen LogP contribution in [0.25, 0.3) is 0 Å². The number of likely N-dealkylation sites (tertiary alicyclic amines) is 1. The summed E-state index contributed by atoms with van der Waals surface area (Å²) in [6.45, 7) is 3.86. The van der Waals surface area contributed by atoms with Crippen molar-refractivity contribution < 1.29 is 4.79 Å². The lowest BCUT2D eigenvalue weighted by Crippen LogP contribution is -2.53. The van der Waals surface area contributed by atoms with E-state index < -0.39 is 5.54 Å². The molecule has 1 aliphatic carbocycles. The van der Waals surface area contributed by atoms with Crippen LogP contribution in [0.4, 0.5) is 0 Å². The zero-order valence-electron chi connectivity index (χ0n) is 13.6. The summed E-state index contributed by atoms with van der Waals surface area (Å²) in [6, 6.07) is 2.58. The number of carbonyl (C=O) groups is 1. The van der Waals surface area contributed by atoms with Gasteiger partial charge in [0.1, 0.15) is 18.2 Å². The van der Waals surface area contributed by atoms with Crippen molar-refractivity contribution in [1.29, 1.82) is 5.26 Å². The number of amides is 1. The molecule has 2 heterocycles. The van der Waals surface area contributed by atoms with Gasteiger partial charge in [-0.1, -0.05) is 6.42 Å². The van der Waals surface area contributed by atoms with E-state index in [0.717, 1.165) is 38.8 Å². The lowest BCUT2D eigenvalue weighted by Gasteiger charge is -2.35. The minimum absolute atomic E-state index is 0.0496. The van der Waals surface area contributed by atoms with Gasteiger partial charge in [0.05, 0.1) is 19.2 Å². The molecule has 1 amide bonds. The molecule has 0 radical (unpaired) electrons. The van der Waals surface area contributed by atoms with Crippen LogP contribution >= 0.6 is 0 Å². The van der Waals surface area contributed by atoms with Gasteiger partial charge in [0.2, 0.25) is 5.91 Å². The van der Waals surface area contributed by atoms with Crippen molar-refractivity contribution >= 4 is 5.91 Å². The predicted molar refractivity (Wildman–Crippen MR) is 84.1 cm³/mol. The van der Waals surface area contributed by atoms with E-state index in [1.165, 1.54) is 12.7 Å². The second-order valence-corrected chi connectivity index (χ2v) is 6.87. The standard InChI is InChI=1S/C16H24N6O/c1-16(10-17,13-5-6-13)20-15(23)9-21-7-3-2-4-14(21)8-22-12-18-11-19-22/h11-14H,2-9H2,1H3,(H,20,23)/t14-,16-/m0/s1. The normalized spacial score (nSPS) is 24.6. The fourth-order valence-corrected chi connectivity index (χ4v) is 3.41. The Balaban J connectivity index is 1.58. The van der Waals surface area contributed by atoms with Crippen LogP contribution in [0.5, 0.6) is 0 Å². The molecule has 2 atom stereocenters. The Hall–Kier alpha value is -1.94. The van der Waals surface area contributed by atoms with Crippen molar-refractivity contribution in [3.05, 3.63) is 12.7 Å². The Morgan fingerprint density at radius 2 is 2.26 bits per heavy atom. The fraction of sp³-hybridized carbons (Fsp3) is 0.750. The Morgan fingerprint density at radius 1 is 1.43 bits per heavy atom. The van der Waals surface area contributed by atoms with E-state index in [2.05, 4.69) is 26.4 Å². The van der Waals surface area contributed by atoms with E-state index in [1.807, 2.05) is 11.6 Å². The predicted octanol–water partition coefficient (Wildman–Crippen LogP) is 0.941. The molecule has 0 unspecified atom stereocenters.